The summed E-state index contributed by atoms with van der Waals surface area (Å²) in [5.74, 6) is 0. The van der Waals surface area contributed by atoms with Gasteiger partial charge in [0, 0.05) is 5.48 Å². The Kier molecular flexibility index (Phi) is 0. The molecule has 0 aliphatic heterocycles. The van der Waals surface area contributed by atoms with Crippen LogP contribution in [0.2, 0.25) is 0 Å². The quantitative estimate of drug-likeness (QED) is 0.409. The highest BCUT2D eigenvalue weighted by molar-refractivity contribution is 2.51. The van der Waals surface area contributed by atoms with Crippen LogP contribution in [-0.4, -0.2) is 0 Å². The Balaban J connectivity index is -0.0000000133. The Morgan fingerprint density at radius 2 is 0.750 bits per heavy atom. The van der Waals surface area contributed by atoms with E-state index < -0.39 is 0 Å². The highest BCUT2D eigenvalue weighted by Gasteiger charge is -0.0746. The van der Waals surface area contributed by atoms with Gasteiger partial charge in [0.25, 0.3) is 0 Å². The molecule has 0 saturated carbocycles. The van der Waals surface area contributed by atoms with Gasteiger partial charge in [0.2, 0.25) is 0 Å². The molecule has 0 spiro atoms. The summed E-state index contributed by atoms with van der Waals surface area (Å²) in [6, 6.07) is 0. The highest BCUT2D eigenvalue weighted by Crippen LogP contribution is 0.147. The maximum atomic E-state index is 5.75. The van der Waals surface area contributed by atoms with Gasteiger partial charge in [-0.3, -0.25) is 0 Å². The molecule has 0 atom stereocenters. The van der Waals surface area contributed by atoms with Crippen molar-refractivity contribution in [1.29, 1.82) is 0 Å². The molecule has 0 fully saturated rings. The smallest absolute Gasteiger partial charge is 0.0194 e. The van der Waals surface area contributed by atoms with E-state index in [-0.39, 0.29) is 0 Å². The van der Waals surface area contributed by atoms with Crippen molar-refractivity contribution in [2.75, 3.05) is 0 Å². The molecule has 0 aromatic rings. The fourth-order valence-electron chi connectivity index (χ4n) is 0. The molecular weight excluding hydrogens is 48.0 g/mol. The first-order chi connectivity index (χ1) is 4.00. The molecule has 4 heavy (non-hydrogen) atoms. The van der Waals surface area contributed by atoms with Gasteiger partial charge < -0.3 is 0 Å². The summed E-state index contributed by atoms with van der Waals surface area (Å²) in [6.45, 7) is 0. The van der Waals surface area contributed by atoms with Crippen LogP contribution >= 0.6 is 0 Å². The zero-order chi connectivity index (χ0) is 8.00. The molecule has 0 N–H and O–H groups in total. The highest BCUT2D eigenvalue weighted by atomic mass is 12.0. The molecule has 0 aromatic heterocycles. The minimum Gasteiger partial charge on any atom is -0.0776 e. The summed E-state index contributed by atoms with van der Waals surface area (Å²) in [4.78, 5) is 0. The Hall–Kier alpha value is 0. The van der Waals surface area contributed by atoms with Crippen LogP contribution in [0.25, 0.3) is 0 Å². The summed E-state index contributed by atoms with van der Waals surface area (Å²) < 4.78 is 23.0. The maximum absolute atomic E-state index is 5.75. The Labute approximate surface area is 36.5 Å². The molecule has 0 rings (SSSR count). The van der Waals surface area contributed by atoms with Crippen LogP contribution in [0.1, 0.15) is 35.1 Å². The number of hydrogen-bond acceptors (Lipinski definition) is 0. The largest absolute Gasteiger partial charge is 0.0776 e. The van der Waals surface area contributed by atoms with Crippen molar-refractivity contribution in [3.8, 4) is 0 Å². The van der Waals surface area contributed by atoms with E-state index in [0.717, 1.165) is 0 Å². The summed E-state index contributed by atoms with van der Waals surface area (Å²) >= 11 is 0. The van der Waals surface area contributed by atoms with Crippen LogP contribution < -0.4 is 0 Å². The SMILES string of the molecule is [2H]C.[2H]C.[2H]C.[2H]C. The minimum absolute atomic E-state index is 1.25. The standard InChI is InChI=1S/4CH4/h4*1H4/i4*1D. The molecule has 0 aliphatic rings. The van der Waals surface area contributed by atoms with E-state index in [4.69, 9.17) is 5.48 Å². The lowest BCUT2D eigenvalue weighted by Gasteiger charge is -0.0786. The third-order valence-electron chi connectivity index (χ3n) is 0. The van der Waals surface area contributed by atoms with Gasteiger partial charge in [0.15, 0.2) is 0 Å². The van der Waals surface area contributed by atoms with Crippen molar-refractivity contribution in [3.63, 3.8) is 0 Å². The fourth-order valence-corrected chi connectivity index (χ4v) is 0. The average Bonchev–Trinajstić information content (AvgIpc) is 2.03. The molecule has 0 bridgehead atoms. The predicted octanol–water partition coefficient (Wildman–Crippen LogP) is 2.54. The van der Waals surface area contributed by atoms with Gasteiger partial charge in [-0.15, -0.1) is 0 Å². The van der Waals surface area contributed by atoms with Gasteiger partial charge in [0.1, 0.15) is 0 Å². The topological polar surface area (TPSA) is 0 Å². The van der Waals surface area contributed by atoms with Gasteiger partial charge in [-0.25, -0.2) is 0 Å². The van der Waals surface area contributed by atoms with Gasteiger partial charge in [0.05, 0.1) is 0 Å². The van der Waals surface area contributed by atoms with E-state index >= 15 is 0 Å². The van der Waals surface area contributed by atoms with Crippen molar-refractivity contribution in [2.24, 2.45) is 0 Å². The maximum Gasteiger partial charge on any atom is 0.0194 e. The normalized spacial score (nSPS) is 7.00. The lowest BCUT2D eigenvalue weighted by atomic mass is 12.0. The second-order valence-electron chi connectivity index (χ2n) is 0. The molecule has 0 aromatic carbocycles. The van der Waals surface area contributed by atoms with Gasteiger partial charge >= 0.3 is 0 Å². The lowest BCUT2D eigenvalue weighted by molar-refractivity contribution is 2.50. The van der Waals surface area contributed by atoms with Crippen LogP contribution in [0.4, 0.5) is 0 Å². The molecule has 0 heteroatoms. The lowest BCUT2D eigenvalue weighted by Crippen LogP contribution is 0.143. The Bertz CT molecular complexity index is 8.00. The van der Waals surface area contributed by atoms with Crippen molar-refractivity contribution >= 4 is 0 Å². The number of hydrogen-bond donors (Lipinski definition) is 0. The summed E-state index contributed by atoms with van der Waals surface area (Å²) in [7, 11) is 5.00. The van der Waals surface area contributed by atoms with Crippen LogP contribution in [-0.2, 0) is 0 Å². The predicted molar refractivity (Wildman–Crippen MR) is 26.9 cm³/mol. The van der Waals surface area contributed by atoms with Crippen molar-refractivity contribution in [3.05, 3.63) is 0 Å². The summed E-state index contributed by atoms with van der Waals surface area (Å²) in [5.41, 5.74) is 0. The second-order valence-corrected chi connectivity index (χ2v) is 0. The molecule has 0 saturated heterocycles. The first kappa shape index (κ1) is 2.25. The van der Waals surface area contributed by atoms with E-state index in [0.29, 0.717) is 0 Å². The van der Waals surface area contributed by atoms with Crippen molar-refractivity contribution in [1.82, 2.24) is 0 Å². The van der Waals surface area contributed by atoms with Crippen LogP contribution in [0.5, 0.6) is 0 Å². The minimum atomic E-state index is 1.25. The molecular formula is C4H16. The second kappa shape index (κ2) is 0. The first-order valence-corrected chi connectivity index (χ1v) is 0. The average molecular weight is 68.2 g/mol. The molecule has 0 aliphatic carbocycles. The fraction of sp³-hybridized carbons (Fsp3) is 1.00. The van der Waals surface area contributed by atoms with Gasteiger partial charge in [-0.2, -0.15) is 0 Å². The molecule has 0 amide bonds. The summed E-state index contributed by atoms with van der Waals surface area (Å²) in [6.07, 6.45) is 0. The molecule has 0 heterocycles. The third kappa shape index (κ3) is 0. The van der Waals surface area contributed by atoms with Gasteiger partial charge in [-0.1, -0.05) is 29.6 Å². The molecule has 0 nitrogen and oxygen atoms in total. The first-order valence-electron chi connectivity index (χ1n) is 4.00. The van der Waals surface area contributed by atoms with E-state index in [1.807, 2.05) is 0 Å². The molecule has 32 valence electrons. The number of rotatable bonds is 0. The van der Waals surface area contributed by atoms with Crippen molar-refractivity contribution in [2.45, 2.75) is 29.6 Å². The van der Waals surface area contributed by atoms with E-state index in [9.17, 15) is 0 Å². The van der Waals surface area contributed by atoms with Gasteiger partial charge in [-0.05, 0) is 0 Å². The zero-order valence-electron chi connectivity index (χ0n) is 8.00. The van der Waals surface area contributed by atoms with Crippen LogP contribution in [0, 0.1) is 0 Å². The van der Waals surface area contributed by atoms with E-state index in [1.54, 1.807) is 0 Å². The van der Waals surface area contributed by atoms with E-state index in [1.165, 1.54) is 29.6 Å². The monoisotopic (exact) mass is 68.2 g/mol. The Morgan fingerprint density at radius 1 is 0.750 bits per heavy atom. The van der Waals surface area contributed by atoms with Crippen LogP contribution in [0.3, 0.4) is 0 Å². The molecule has 0 radical (unpaired) electrons. The van der Waals surface area contributed by atoms with E-state index in [2.05, 4.69) is 0 Å². The van der Waals surface area contributed by atoms with Crippen LogP contribution in [0.15, 0.2) is 0 Å². The zero-order valence-corrected chi connectivity index (χ0v) is 4.00. The summed E-state index contributed by atoms with van der Waals surface area (Å²) in [5, 5.41) is 0. The molecule has 0 unspecified atom stereocenters. The Morgan fingerprint density at radius 3 is 0.750 bits per heavy atom. The third-order valence-corrected chi connectivity index (χ3v) is 0. The van der Waals surface area contributed by atoms with Crippen molar-refractivity contribution < 1.29 is 5.48 Å².